The molecule has 0 atom stereocenters. The van der Waals surface area contributed by atoms with E-state index in [4.69, 9.17) is 5.11 Å². The first kappa shape index (κ1) is 10.0. The zero-order valence-corrected chi connectivity index (χ0v) is 7.99. The van der Waals surface area contributed by atoms with Crippen molar-refractivity contribution in [2.45, 2.75) is 32.7 Å². The summed E-state index contributed by atoms with van der Waals surface area (Å²) in [6, 6.07) is -0.0239. The molecule has 0 radical (unpaired) electrons. The van der Waals surface area contributed by atoms with Gasteiger partial charge in [0, 0.05) is 12.6 Å². The van der Waals surface area contributed by atoms with Gasteiger partial charge in [-0.15, -0.1) is 0 Å². The Balaban J connectivity index is 2.54. The van der Waals surface area contributed by atoms with E-state index in [2.05, 4.69) is 0 Å². The topological polar surface area (TPSA) is 57.6 Å². The van der Waals surface area contributed by atoms with Crippen LogP contribution in [-0.4, -0.2) is 34.5 Å². The number of carboxylic acids is 1. The molecule has 1 aliphatic carbocycles. The quantitative estimate of drug-likeness (QED) is 0.659. The molecular formula is C9H15NO3. The van der Waals surface area contributed by atoms with Gasteiger partial charge in [-0.2, -0.15) is 0 Å². The van der Waals surface area contributed by atoms with Crippen molar-refractivity contribution in [1.82, 2.24) is 4.90 Å². The molecule has 0 saturated heterocycles. The summed E-state index contributed by atoms with van der Waals surface area (Å²) in [4.78, 5) is 23.1. The van der Waals surface area contributed by atoms with E-state index in [9.17, 15) is 9.59 Å². The summed E-state index contributed by atoms with van der Waals surface area (Å²) in [5.74, 6) is -1.60. The van der Waals surface area contributed by atoms with Gasteiger partial charge in [0.05, 0.1) is 0 Å². The van der Waals surface area contributed by atoms with Crippen LogP contribution < -0.4 is 0 Å². The van der Waals surface area contributed by atoms with E-state index in [1.165, 1.54) is 4.90 Å². The fourth-order valence-corrected chi connectivity index (χ4v) is 1.23. The summed E-state index contributed by atoms with van der Waals surface area (Å²) in [5, 5.41) is 8.54. The molecule has 4 nitrogen and oxygen atoms in total. The lowest BCUT2D eigenvalue weighted by Gasteiger charge is -2.24. The van der Waals surface area contributed by atoms with E-state index in [0.29, 0.717) is 12.5 Å². The lowest BCUT2D eigenvalue weighted by atomic mass is 10.2. The molecule has 0 spiro atoms. The Labute approximate surface area is 77.5 Å². The maximum atomic E-state index is 11.2. The second kappa shape index (κ2) is 3.77. The number of carbonyl (C=O) groups excluding carboxylic acids is 1. The molecule has 1 saturated carbocycles. The van der Waals surface area contributed by atoms with Crippen LogP contribution in [0.2, 0.25) is 0 Å². The molecule has 1 rings (SSSR count). The summed E-state index contributed by atoms with van der Waals surface area (Å²) in [6.45, 7) is 4.27. The van der Waals surface area contributed by atoms with Crippen molar-refractivity contribution in [2.75, 3.05) is 6.54 Å². The number of nitrogens with zero attached hydrogens (tertiary/aromatic N) is 1. The van der Waals surface area contributed by atoms with Crippen molar-refractivity contribution in [2.24, 2.45) is 5.92 Å². The monoisotopic (exact) mass is 185 g/mol. The second-order valence-electron chi connectivity index (χ2n) is 3.80. The Morgan fingerprint density at radius 3 is 2.31 bits per heavy atom. The first-order chi connectivity index (χ1) is 6.02. The van der Waals surface area contributed by atoms with Crippen molar-refractivity contribution in [3.63, 3.8) is 0 Å². The van der Waals surface area contributed by atoms with E-state index in [1.54, 1.807) is 0 Å². The number of hydrogen-bond donors (Lipinski definition) is 1. The van der Waals surface area contributed by atoms with Gasteiger partial charge in [-0.05, 0) is 32.6 Å². The second-order valence-corrected chi connectivity index (χ2v) is 3.80. The Morgan fingerprint density at radius 1 is 1.46 bits per heavy atom. The van der Waals surface area contributed by atoms with Crippen LogP contribution in [0.5, 0.6) is 0 Å². The van der Waals surface area contributed by atoms with Crippen molar-refractivity contribution in [1.29, 1.82) is 0 Å². The van der Waals surface area contributed by atoms with Gasteiger partial charge in [-0.1, -0.05) is 0 Å². The Bertz CT molecular complexity index is 221. The fourth-order valence-electron chi connectivity index (χ4n) is 1.23. The van der Waals surface area contributed by atoms with E-state index in [1.807, 2.05) is 13.8 Å². The molecule has 0 heterocycles. The highest BCUT2D eigenvalue weighted by Gasteiger charge is 2.30. The minimum Gasteiger partial charge on any atom is -0.474 e. The Kier molecular flexibility index (Phi) is 2.90. The van der Waals surface area contributed by atoms with Gasteiger partial charge in [0.2, 0.25) is 0 Å². The summed E-state index contributed by atoms with van der Waals surface area (Å²) >= 11 is 0. The molecule has 0 aromatic rings. The molecule has 0 bridgehead atoms. The van der Waals surface area contributed by atoms with Crippen molar-refractivity contribution >= 4 is 11.9 Å². The molecule has 4 heteroatoms. The smallest absolute Gasteiger partial charge is 0.394 e. The summed E-state index contributed by atoms with van der Waals surface area (Å²) in [6.07, 6.45) is 2.24. The molecule has 13 heavy (non-hydrogen) atoms. The minimum absolute atomic E-state index is 0.0239. The predicted octanol–water partition coefficient (Wildman–Crippen LogP) is 0.718. The molecular weight excluding hydrogens is 170 g/mol. The van der Waals surface area contributed by atoms with Crippen molar-refractivity contribution in [3.8, 4) is 0 Å². The molecule has 74 valence electrons. The number of carbonyl (C=O) groups is 2. The van der Waals surface area contributed by atoms with Gasteiger partial charge in [0.15, 0.2) is 0 Å². The van der Waals surface area contributed by atoms with Gasteiger partial charge in [0.1, 0.15) is 0 Å². The molecule has 0 aromatic heterocycles. The van der Waals surface area contributed by atoms with Crippen LogP contribution in [0.3, 0.4) is 0 Å². The minimum atomic E-state index is -1.35. The third-order valence-corrected chi connectivity index (χ3v) is 2.22. The third-order valence-electron chi connectivity index (χ3n) is 2.22. The number of aliphatic carboxylic acids is 1. The molecule has 0 unspecified atom stereocenters. The summed E-state index contributed by atoms with van der Waals surface area (Å²) < 4.78 is 0. The molecule has 1 aliphatic rings. The Morgan fingerprint density at radius 2 is 2.00 bits per heavy atom. The zero-order valence-electron chi connectivity index (χ0n) is 7.99. The van der Waals surface area contributed by atoms with Gasteiger partial charge >= 0.3 is 11.9 Å². The number of carboxylic acid groups (broad SMARTS) is 1. The predicted molar refractivity (Wildman–Crippen MR) is 47.2 cm³/mol. The molecule has 1 N–H and O–H groups in total. The number of hydrogen-bond acceptors (Lipinski definition) is 2. The zero-order chi connectivity index (χ0) is 10.0. The standard InChI is InChI=1S/C9H15NO3/c1-6(2)10(5-7-3-4-7)8(11)9(12)13/h6-7H,3-5H2,1-2H3,(H,12,13). The molecule has 0 aromatic carbocycles. The van der Waals surface area contributed by atoms with Gasteiger partial charge in [0.25, 0.3) is 0 Å². The maximum Gasteiger partial charge on any atom is 0.394 e. The van der Waals surface area contributed by atoms with E-state index >= 15 is 0 Å². The van der Waals surface area contributed by atoms with Crippen LogP contribution in [0.4, 0.5) is 0 Å². The van der Waals surface area contributed by atoms with E-state index in [-0.39, 0.29) is 6.04 Å². The first-order valence-electron chi connectivity index (χ1n) is 4.56. The SMILES string of the molecule is CC(C)N(CC1CC1)C(=O)C(=O)O. The largest absolute Gasteiger partial charge is 0.474 e. The molecule has 1 amide bonds. The highest BCUT2D eigenvalue weighted by Crippen LogP contribution is 2.30. The van der Waals surface area contributed by atoms with Gasteiger partial charge < -0.3 is 10.0 Å². The maximum absolute atomic E-state index is 11.2. The number of amides is 1. The molecule has 0 aliphatic heterocycles. The summed E-state index contributed by atoms with van der Waals surface area (Å²) in [5.41, 5.74) is 0. The third kappa shape index (κ3) is 2.72. The molecule has 1 fully saturated rings. The lowest BCUT2D eigenvalue weighted by molar-refractivity contribution is -0.157. The Hall–Kier alpha value is -1.06. The van der Waals surface area contributed by atoms with Gasteiger partial charge in [-0.25, -0.2) is 4.79 Å². The van der Waals surface area contributed by atoms with Gasteiger partial charge in [-0.3, -0.25) is 4.79 Å². The van der Waals surface area contributed by atoms with E-state index < -0.39 is 11.9 Å². The highest BCUT2D eigenvalue weighted by molar-refractivity contribution is 6.31. The average Bonchev–Trinajstić information content (AvgIpc) is 2.81. The first-order valence-corrected chi connectivity index (χ1v) is 4.56. The van der Waals surface area contributed by atoms with Crippen LogP contribution >= 0.6 is 0 Å². The summed E-state index contributed by atoms with van der Waals surface area (Å²) in [7, 11) is 0. The highest BCUT2D eigenvalue weighted by atomic mass is 16.4. The van der Waals surface area contributed by atoms with Crippen LogP contribution in [0.1, 0.15) is 26.7 Å². The van der Waals surface area contributed by atoms with Crippen molar-refractivity contribution in [3.05, 3.63) is 0 Å². The van der Waals surface area contributed by atoms with Crippen LogP contribution in [0, 0.1) is 5.92 Å². The van der Waals surface area contributed by atoms with Crippen LogP contribution in [0.25, 0.3) is 0 Å². The lowest BCUT2D eigenvalue weighted by Crippen LogP contribution is -2.42. The average molecular weight is 185 g/mol. The van der Waals surface area contributed by atoms with E-state index in [0.717, 1.165) is 12.8 Å². The van der Waals surface area contributed by atoms with Crippen LogP contribution in [-0.2, 0) is 9.59 Å². The van der Waals surface area contributed by atoms with Crippen molar-refractivity contribution < 1.29 is 14.7 Å². The normalized spacial score (nSPS) is 15.9. The fraction of sp³-hybridized carbons (Fsp3) is 0.778. The number of rotatable bonds is 3. The van der Waals surface area contributed by atoms with Crippen LogP contribution in [0.15, 0.2) is 0 Å².